The van der Waals surface area contributed by atoms with Crippen molar-refractivity contribution >= 4 is 31.9 Å². The van der Waals surface area contributed by atoms with Gasteiger partial charge in [0, 0.05) is 10.5 Å². The highest BCUT2D eigenvalue weighted by Crippen LogP contribution is 2.25. The van der Waals surface area contributed by atoms with Gasteiger partial charge >= 0.3 is 0 Å². The molecule has 0 fully saturated rings. The molecule has 3 aromatic rings. The van der Waals surface area contributed by atoms with Crippen molar-refractivity contribution in [2.75, 3.05) is 0 Å². The second-order valence-electron chi connectivity index (χ2n) is 4.73. The lowest BCUT2D eigenvalue weighted by Gasteiger charge is -2.14. The van der Waals surface area contributed by atoms with Gasteiger partial charge in [0.05, 0.1) is 6.54 Å². The second-order valence-corrected chi connectivity index (χ2v) is 6.36. The number of hydrogen-bond acceptors (Lipinski definition) is 5. The Hall–Kier alpha value is -1.44. The Balaban J connectivity index is 1.65. The van der Waals surface area contributed by atoms with Gasteiger partial charge in [-0.05, 0) is 46.6 Å². The van der Waals surface area contributed by atoms with E-state index >= 15 is 0 Å². The van der Waals surface area contributed by atoms with Crippen LogP contribution in [-0.4, -0.2) is 10.2 Å². The van der Waals surface area contributed by atoms with Crippen molar-refractivity contribution in [2.24, 2.45) is 0 Å². The molecule has 0 aliphatic carbocycles. The zero-order valence-corrected chi connectivity index (χ0v) is 14.9. The van der Waals surface area contributed by atoms with E-state index in [-0.39, 0.29) is 6.04 Å². The van der Waals surface area contributed by atoms with Crippen LogP contribution in [0.2, 0.25) is 0 Å². The van der Waals surface area contributed by atoms with Crippen molar-refractivity contribution in [2.45, 2.75) is 19.5 Å². The van der Waals surface area contributed by atoms with E-state index in [1.165, 1.54) is 5.56 Å². The van der Waals surface area contributed by atoms with Crippen LogP contribution in [0.3, 0.4) is 0 Å². The van der Waals surface area contributed by atoms with Gasteiger partial charge in [-0.2, -0.15) is 0 Å². The van der Waals surface area contributed by atoms with Crippen LogP contribution in [-0.2, 0) is 6.54 Å². The number of rotatable bonds is 5. The first-order valence-corrected chi connectivity index (χ1v) is 8.28. The largest absolute Gasteiger partial charge is 0.444 e. The maximum Gasteiger partial charge on any atom is 0.283 e. The minimum atomic E-state index is 0.156. The van der Waals surface area contributed by atoms with Crippen molar-refractivity contribution in [3.8, 4) is 11.7 Å². The molecule has 114 valence electrons. The fraction of sp³-hybridized carbons (Fsp3) is 0.200. The summed E-state index contributed by atoms with van der Waals surface area (Å²) in [6, 6.07) is 11.8. The van der Waals surface area contributed by atoms with Crippen LogP contribution in [0.15, 0.2) is 54.4 Å². The molecule has 7 heteroatoms. The number of benzene rings is 1. The molecule has 0 aliphatic rings. The summed E-state index contributed by atoms with van der Waals surface area (Å²) >= 11 is 6.80. The van der Waals surface area contributed by atoms with Gasteiger partial charge in [-0.25, -0.2) is 0 Å². The fourth-order valence-electron chi connectivity index (χ4n) is 2.03. The number of hydrogen-bond donors (Lipinski definition) is 1. The van der Waals surface area contributed by atoms with Crippen molar-refractivity contribution in [1.29, 1.82) is 0 Å². The summed E-state index contributed by atoms with van der Waals surface area (Å²) in [6.45, 7) is 2.57. The molecule has 3 rings (SSSR count). The Morgan fingerprint density at radius 1 is 1.09 bits per heavy atom. The molecule has 1 aromatic carbocycles. The van der Waals surface area contributed by atoms with E-state index in [0.717, 1.165) is 4.47 Å². The molecule has 0 bridgehead atoms. The van der Waals surface area contributed by atoms with Gasteiger partial charge in [-0.3, -0.25) is 0 Å². The maximum absolute atomic E-state index is 5.59. The Bertz CT molecular complexity index is 770. The van der Waals surface area contributed by atoms with Gasteiger partial charge in [-0.1, -0.05) is 34.1 Å². The van der Waals surface area contributed by atoms with Gasteiger partial charge in [0.25, 0.3) is 5.89 Å². The van der Waals surface area contributed by atoms with Crippen LogP contribution >= 0.6 is 31.9 Å². The highest BCUT2D eigenvalue weighted by Gasteiger charge is 2.14. The van der Waals surface area contributed by atoms with Gasteiger partial charge in [0.2, 0.25) is 5.89 Å². The topological polar surface area (TPSA) is 64.1 Å². The van der Waals surface area contributed by atoms with E-state index in [0.29, 0.717) is 28.8 Å². The van der Waals surface area contributed by atoms with Gasteiger partial charge < -0.3 is 14.2 Å². The Morgan fingerprint density at radius 2 is 1.91 bits per heavy atom. The third-order valence-electron chi connectivity index (χ3n) is 3.18. The number of halogens is 2. The summed E-state index contributed by atoms with van der Waals surface area (Å²) in [5.74, 6) is 1.43. The predicted molar refractivity (Wildman–Crippen MR) is 89.1 cm³/mol. The monoisotopic (exact) mass is 425 g/mol. The lowest BCUT2D eigenvalue weighted by Crippen LogP contribution is -2.18. The van der Waals surface area contributed by atoms with E-state index < -0.39 is 0 Å². The van der Waals surface area contributed by atoms with Crippen molar-refractivity contribution in [3.05, 3.63) is 57.0 Å². The van der Waals surface area contributed by atoms with E-state index in [1.54, 1.807) is 12.1 Å². The van der Waals surface area contributed by atoms with E-state index in [4.69, 9.17) is 8.83 Å². The van der Waals surface area contributed by atoms with E-state index in [2.05, 4.69) is 60.4 Å². The molecule has 5 nitrogen and oxygen atoms in total. The summed E-state index contributed by atoms with van der Waals surface area (Å²) < 4.78 is 12.7. The Labute approximate surface area is 144 Å². The van der Waals surface area contributed by atoms with Gasteiger partial charge in [0.15, 0.2) is 10.4 Å². The molecule has 0 amide bonds. The molecule has 1 atom stereocenters. The van der Waals surface area contributed by atoms with Crippen LogP contribution in [0.1, 0.15) is 24.4 Å². The number of nitrogens with one attached hydrogen (secondary N) is 1. The normalized spacial score (nSPS) is 12.5. The molecule has 1 N–H and O–H groups in total. The number of nitrogens with zero attached hydrogens (tertiary/aromatic N) is 2. The van der Waals surface area contributed by atoms with Gasteiger partial charge in [-0.15, -0.1) is 10.2 Å². The summed E-state index contributed by atoms with van der Waals surface area (Å²) in [4.78, 5) is 0. The summed E-state index contributed by atoms with van der Waals surface area (Å²) in [6.07, 6.45) is 0. The van der Waals surface area contributed by atoms with Crippen molar-refractivity contribution in [1.82, 2.24) is 15.5 Å². The summed E-state index contributed by atoms with van der Waals surface area (Å²) in [5.41, 5.74) is 1.18. The maximum atomic E-state index is 5.59. The predicted octanol–water partition coefficient (Wildman–Crippen LogP) is 4.71. The molecule has 0 radical (unpaired) electrons. The molecule has 2 aromatic heterocycles. The first kappa shape index (κ1) is 15.5. The smallest absolute Gasteiger partial charge is 0.283 e. The lowest BCUT2D eigenvalue weighted by molar-refractivity contribution is 0.441. The third kappa shape index (κ3) is 3.48. The molecule has 1 unspecified atom stereocenters. The second kappa shape index (κ2) is 6.76. The highest BCUT2D eigenvalue weighted by molar-refractivity contribution is 9.10. The molecule has 0 saturated carbocycles. The minimum Gasteiger partial charge on any atom is -0.444 e. The average molecular weight is 427 g/mol. The molecule has 0 spiro atoms. The summed E-state index contributed by atoms with van der Waals surface area (Å²) in [5, 5.41) is 11.4. The first-order chi connectivity index (χ1) is 10.6. The number of aromatic nitrogens is 2. The molecule has 22 heavy (non-hydrogen) atoms. The van der Waals surface area contributed by atoms with E-state index in [9.17, 15) is 0 Å². The van der Waals surface area contributed by atoms with Crippen molar-refractivity contribution in [3.63, 3.8) is 0 Å². The van der Waals surface area contributed by atoms with Crippen molar-refractivity contribution < 1.29 is 8.83 Å². The van der Waals surface area contributed by atoms with Crippen LogP contribution in [0.5, 0.6) is 0 Å². The first-order valence-electron chi connectivity index (χ1n) is 6.69. The molecule has 0 aliphatic heterocycles. The Morgan fingerprint density at radius 3 is 2.64 bits per heavy atom. The summed E-state index contributed by atoms with van der Waals surface area (Å²) in [7, 11) is 0. The zero-order valence-electron chi connectivity index (χ0n) is 11.7. The molecule has 0 saturated heterocycles. The van der Waals surface area contributed by atoms with E-state index in [1.807, 2.05) is 18.2 Å². The van der Waals surface area contributed by atoms with Gasteiger partial charge in [0.1, 0.15) is 0 Å². The standard InChI is InChI=1S/C15H13Br2N3O2/c1-9(10-4-2-3-5-11(10)16)18-8-14-19-20-15(22-14)12-6-7-13(17)21-12/h2-7,9,18H,8H2,1H3. The number of furan rings is 1. The third-order valence-corrected chi connectivity index (χ3v) is 4.33. The quantitative estimate of drug-likeness (QED) is 0.640. The SMILES string of the molecule is CC(NCc1nnc(-c2ccc(Br)o2)o1)c1ccccc1Br. The molecular weight excluding hydrogens is 414 g/mol. The molecular formula is C15H13Br2N3O2. The minimum absolute atomic E-state index is 0.156. The lowest BCUT2D eigenvalue weighted by atomic mass is 10.1. The van der Waals surface area contributed by atoms with Crippen LogP contribution in [0, 0.1) is 0 Å². The van der Waals surface area contributed by atoms with Crippen LogP contribution in [0.25, 0.3) is 11.7 Å². The fourth-order valence-corrected chi connectivity index (χ4v) is 2.97. The van der Waals surface area contributed by atoms with Crippen LogP contribution < -0.4 is 5.32 Å². The highest BCUT2D eigenvalue weighted by atomic mass is 79.9. The average Bonchev–Trinajstić information content (AvgIpc) is 3.14. The Kier molecular flexibility index (Phi) is 4.75. The van der Waals surface area contributed by atoms with Crippen LogP contribution in [0.4, 0.5) is 0 Å². The molecule has 2 heterocycles. The zero-order chi connectivity index (χ0) is 15.5.